The average molecular weight is 376 g/mol. The van der Waals surface area contributed by atoms with E-state index in [1.807, 2.05) is 6.92 Å². The van der Waals surface area contributed by atoms with Crippen molar-refractivity contribution in [2.45, 2.75) is 26.2 Å². The molecule has 2 aromatic rings. The summed E-state index contributed by atoms with van der Waals surface area (Å²) in [5.41, 5.74) is -0.128. The Hall–Kier alpha value is -1.83. The lowest BCUT2D eigenvalue weighted by molar-refractivity contribution is -0.137. The Balaban J connectivity index is 2.11. The molecule has 0 unspecified atom stereocenters. The Morgan fingerprint density at radius 1 is 1.41 bits per heavy atom. The maximum Gasteiger partial charge on any atom is 0.416 e. The van der Waals surface area contributed by atoms with Gasteiger partial charge in [-0.3, -0.25) is 9.48 Å². The summed E-state index contributed by atoms with van der Waals surface area (Å²) >= 11 is 3.32. The number of alkyl halides is 3. The molecule has 1 N–H and O–H groups in total. The molecule has 118 valence electrons. The van der Waals surface area contributed by atoms with Crippen LogP contribution in [0.1, 0.15) is 28.5 Å². The predicted octanol–water partition coefficient (Wildman–Crippen LogP) is 3.61. The molecule has 0 saturated carbocycles. The fraction of sp³-hybridized carbons (Fsp3) is 0.286. The first-order valence-corrected chi connectivity index (χ1v) is 7.28. The summed E-state index contributed by atoms with van der Waals surface area (Å²) in [5, 5.41) is 6.70. The number of carbonyl (C=O) groups excluding carboxylic acids is 1. The smallest absolute Gasteiger partial charge is 0.346 e. The van der Waals surface area contributed by atoms with E-state index in [4.69, 9.17) is 0 Å². The fourth-order valence-electron chi connectivity index (χ4n) is 1.94. The lowest BCUT2D eigenvalue weighted by Crippen LogP contribution is -2.25. The normalized spacial score (nSPS) is 11.5. The first-order valence-electron chi connectivity index (χ1n) is 6.48. The molecule has 1 heterocycles. The van der Waals surface area contributed by atoms with Crippen molar-refractivity contribution in [1.29, 1.82) is 0 Å². The van der Waals surface area contributed by atoms with Gasteiger partial charge in [0.1, 0.15) is 0 Å². The van der Waals surface area contributed by atoms with E-state index in [0.29, 0.717) is 6.54 Å². The first kappa shape index (κ1) is 16.5. The topological polar surface area (TPSA) is 46.9 Å². The van der Waals surface area contributed by atoms with E-state index < -0.39 is 17.6 Å². The minimum atomic E-state index is -4.47. The van der Waals surface area contributed by atoms with Crippen molar-refractivity contribution in [3.05, 3.63) is 51.8 Å². The summed E-state index contributed by atoms with van der Waals surface area (Å²) in [4.78, 5) is 12.0. The number of hydrogen-bond donors (Lipinski definition) is 1. The summed E-state index contributed by atoms with van der Waals surface area (Å²) in [7, 11) is 0. The van der Waals surface area contributed by atoms with Crippen LogP contribution in [0.15, 0.2) is 34.9 Å². The quantitative estimate of drug-likeness (QED) is 0.886. The highest BCUT2D eigenvalue weighted by Gasteiger charge is 2.30. The van der Waals surface area contributed by atoms with E-state index >= 15 is 0 Å². The molecule has 8 heteroatoms. The average Bonchev–Trinajstić information content (AvgIpc) is 2.84. The number of aromatic nitrogens is 2. The second kappa shape index (κ2) is 6.51. The van der Waals surface area contributed by atoms with Crippen LogP contribution in [0.3, 0.4) is 0 Å². The van der Waals surface area contributed by atoms with Gasteiger partial charge in [0.2, 0.25) is 0 Å². The third-order valence-corrected chi connectivity index (χ3v) is 3.73. The minimum absolute atomic E-state index is 0.0338. The van der Waals surface area contributed by atoms with Gasteiger partial charge in [-0.15, -0.1) is 0 Å². The summed E-state index contributed by atoms with van der Waals surface area (Å²) in [6, 6.07) is 4.32. The lowest BCUT2D eigenvalue weighted by atomic mass is 10.1. The largest absolute Gasteiger partial charge is 0.416 e. The van der Waals surface area contributed by atoms with Crippen molar-refractivity contribution in [2.24, 2.45) is 0 Å². The van der Waals surface area contributed by atoms with Crippen LogP contribution < -0.4 is 5.32 Å². The maximum absolute atomic E-state index is 12.6. The van der Waals surface area contributed by atoms with Gasteiger partial charge in [-0.05, 0) is 41.1 Å². The Kier molecular flexibility index (Phi) is 4.90. The Bertz CT molecular complexity index is 682. The molecule has 2 rings (SSSR count). The number of aryl methyl sites for hydroxylation is 1. The molecule has 0 atom stereocenters. The van der Waals surface area contributed by atoms with Crippen LogP contribution in [0, 0.1) is 0 Å². The molecule has 0 bridgehead atoms. The van der Waals surface area contributed by atoms with Crippen LogP contribution in [-0.2, 0) is 19.3 Å². The number of nitrogens with one attached hydrogen (secondary N) is 1. The molecule has 0 aliphatic heterocycles. The zero-order valence-electron chi connectivity index (χ0n) is 11.6. The first-order chi connectivity index (χ1) is 10.3. The van der Waals surface area contributed by atoms with Gasteiger partial charge in [-0.1, -0.05) is 6.07 Å². The van der Waals surface area contributed by atoms with Gasteiger partial charge in [0, 0.05) is 12.1 Å². The lowest BCUT2D eigenvalue weighted by Gasteiger charge is -2.10. The van der Waals surface area contributed by atoms with Gasteiger partial charge in [0.15, 0.2) is 0 Å². The maximum atomic E-state index is 12.6. The van der Waals surface area contributed by atoms with Crippen molar-refractivity contribution in [3.8, 4) is 0 Å². The Morgan fingerprint density at radius 3 is 2.77 bits per heavy atom. The molecule has 0 spiro atoms. The van der Waals surface area contributed by atoms with Crippen molar-refractivity contribution in [3.63, 3.8) is 0 Å². The summed E-state index contributed by atoms with van der Waals surface area (Å²) in [5.74, 6) is -0.568. The molecule has 0 aliphatic carbocycles. The highest BCUT2D eigenvalue weighted by Crippen LogP contribution is 2.29. The molecule has 1 aromatic heterocycles. The predicted molar refractivity (Wildman–Crippen MR) is 78.2 cm³/mol. The Labute approximate surface area is 133 Å². The van der Waals surface area contributed by atoms with Gasteiger partial charge >= 0.3 is 6.18 Å². The molecule has 1 aromatic carbocycles. The van der Waals surface area contributed by atoms with Crippen molar-refractivity contribution >= 4 is 21.8 Å². The number of amides is 1. The van der Waals surface area contributed by atoms with Crippen LogP contribution in [0.2, 0.25) is 0 Å². The molecule has 0 saturated heterocycles. The van der Waals surface area contributed by atoms with Crippen LogP contribution in [0.5, 0.6) is 0 Å². The van der Waals surface area contributed by atoms with Gasteiger partial charge in [0.05, 0.1) is 28.5 Å². The molecule has 0 fully saturated rings. The van der Waals surface area contributed by atoms with Gasteiger partial charge in [0.25, 0.3) is 5.91 Å². The van der Waals surface area contributed by atoms with Crippen LogP contribution >= 0.6 is 15.9 Å². The molecule has 0 aliphatic rings. The van der Waals surface area contributed by atoms with Crippen molar-refractivity contribution in [1.82, 2.24) is 15.1 Å². The van der Waals surface area contributed by atoms with Gasteiger partial charge in [-0.2, -0.15) is 18.3 Å². The van der Waals surface area contributed by atoms with E-state index in [9.17, 15) is 18.0 Å². The summed E-state index contributed by atoms with van der Waals surface area (Å²) < 4.78 is 40.4. The number of hydrogen-bond acceptors (Lipinski definition) is 2. The van der Waals surface area contributed by atoms with Crippen LogP contribution in [0.4, 0.5) is 13.2 Å². The zero-order valence-corrected chi connectivity index (χ0v) is 13.2. The minimum Gasteiger partial charge on any atom is -0.346 e. The standard InChI is InChI=1S/C14H13BrF3N3O/c1-2-21-12(11(15)7-20-21)8-19-13(22)9-4-3-5-10(6-9)14(16,17)18/h3-7H,2,8H2,1H3,(H,19,22). The summed E-state index contributed by atoms with van der Waals surface area (Å²) in [6.07, 6.45) is -2.87. The van der Waals surface area contributed by atoms with Crippen LogP contribution in [0.25, 0.3) is 0 Å². The van der Waals surface area contributed by atoms with Crippen LogP contribution in [-0.4, -0.2) is 15.7 Å². The highest BCUT2D eigenvalue weighted by atomic mass is 79.9. The number of benzene rings is 1. The fourth-order valence-corrected chi connectivity index (χ4v) is 2.38. The van der Waals surface area contributed by atoms with Crippen molar-refractivity contribution in [2.75, 3.05) is 0 Å². The molecular formula is C14H13BrF3N3O. The Morgan fingerprint density at radius 2 is 2.14 bits per heavy atom. The van der Waals surface area contributed by atoms with E-state index in [1.165, 1.54) is 12.1 Å². The second-order valence-corrected chi connectivity index (χ2v) is 5.37. The number of nitrogens with zero attached hydrogens (tertiary/aromatic N) is 2. The molecule has 4 nitrogen and oxygen atoms in total. The highest BCUT2D eigenvalue weighted by molar-refractivity contribution is 9.10. The molecular weight excluding hydrogens is 363 g/mol. The monoisotopic (exact) mass is 375 g/mol. The third-order valence-electron chi connectivity index (χ3n) is 3.07. The summed E-state index contributed by atoms with van der Waals surface area (Å²) in [6.45, 7) is 2.70. The molecule has 1 amide bonds. The molecule has 0 radical (unpaired) electrons. The van der Waals surface area contributed by atoms with E-state index in [0.717, 1.165) is 22.3 Å². The zero-order chi connectivity index (χ0) is 16.3. The van der Waals surface area contributed by atoms with Gasteiger partial charge < -0.3 is 5.32 Å². The SMILES string of the molecule is CCn1ncc(Br)c1CNC(=O)c1cccc(C(F)(F)F)c1. The van der Waals surface area contributed by atoms with E-state index in [-0.39, 0.29) is 12.1 Å². The van der Waals surface area contributed by atoms with E-state index in [1.54, 1.807) is 10.9 Å². The van der Waals surface area contributed by atoms with Crippen molar-refractivity contribution < 1.29 is 18.0 Å². The number of rotatable bonds is 4. The van der Waals surface area contributed by atoms with Gasteiger partial charge in [-0.25, -0.2) is 0 Å². The third kappa shape index (κ3) is 3.68. The second-order valence-electron chi connectivity index (χ2n) is 4.52. The van der Waals surface area contributed by atoms with E-state index in [2.05, 4.69) is 26.3 Å². The number of carbonyl (C=O) groups is 1. The molecule has 22 heavy (non-hydrogen) atoms. The number of halogens is 4.